The van der Waals surface area contributed by atoms with E-state index in [1.165, 1.54) is 18.4 Å². The molecule has 0 radical (unpaired) electrons. The van der Waals surface area contributed by atoms with E-state index in [2.05, 4.69) is 43.5 Å². The Kier molecular flexibility index (Phi) is 8.06. The quantitative estimate of drug-likeness (QED) is 0.492. The second-order valence-corrected chi connectivity index (χ2v) is 10.1. The van der Waals surface area contributed by atoms with Crippen LogP contribution in [0.1, 0.15) is 70.1 Å². The lowest BCUT2D eigenvalue weighted by molar-refractivity contribution is 0.0697. The molecule has 3 aromatic rings. The molecule has 0 saturated carbocycles. The lowest BCUT2D eigenvalue weighted by Crippen LogP contribution is -2.22. The Bertz CT molecular complexity index is 1040. The molecule has 1 aromatic carbocycles. The monoisotopic (exact) mass is 457 g/mol. The topological polar surface area (TPSA) is 69.3 Å². The van der Waals surface area contributed by atoms with Crippen LogP contribution in [0.4, 0.5) is 0 Å². The first-order valence-corrected chi connectivity index (χ1v) is 12.3. The van der Waals surface area contributed by atoms with Crippen LogP contribution in [0.15, 0.2) is 41.6 Å². The molecule has 1 aliphatic rings. The predicted molar refractivity (Wildman–Crippen MR) is 131 cm³/mol. The largest absolute Gasteiger partial charge is 0.478 e. The molecule has 0 aliphatic carbocycles. The second-order valence-electron chi connectivity index (χ2n) is 9.01. The Balaban J connectivity index is 0.00000141. The van der Waals surface area contributed by atoms with Gasteiger partial charge in [-0.15, -0.1) is 0 Å². The minimum absolute atomic E-state index is 0.0512. The molecule has 0 bridgehead atoms. The predicted octanol–water partition coefficient (Wildman–Crippen LogP) is 6.23. The first-order valence-electron chi connectivity index (χ1n) is 11.5. The van der Waals surface area contributed by atoms with Gasteiger partial charge < -0.3 is 14.4 Å². The van der Waals surface area contributed by atoms with Crippen LogP contribution in [0.2, 0.25) is 0 Å². The van der Waals surface area contributed by atoms with E-state index in [0.717, 1.165) is 54.4 Å². The summed E-state index contributed by atoms with van der Waals surface area (Å²) in [6, 6.07) is 7.95. The van der Waals surface area contributed by atoms with Crippen molar-refractivity contribution >= 4 is 29.0 Å². The van der Waals surface area contributed by atoms with Crippen molar-refractivity contribution in [2.24, 2.45) is 5.92 Å². The number of aromatic carboxylic acids is 1. The SMILES string of the molecule is CC.CC(C)(C)c1nc2cc(Sn3ccc(C(=O)O)c3)ccc2n1CC1CCCOCC1. The average Bonchev–Trinajstić information content (AvgIpc) is 3.27. The summed E-state index contributed by atoms with van der Waals surface area (Å²) in [6.45, 7) is 13.3. The van der Waals surface area contributed by atoms with E-state index in [9.17, 15) is 4.79 Å². The summed E-state index contributed by atoms with van der Waals surface area (Å²) in [5.74, 6) is 0.801. The number of benzene rings is 1. The van der Waals surface area contributed by atoms with Crippen LogP contribution in [0.25, 0.3) is 11.0 Å². The van der Waals surface area contributed by atoms with E-state index in [-0.39, 0.29) is 11.0 Å². The molecule has 32 heavy (non-hydrogen) atoms. The zero-order valence-electron chi connectivity index (χ0n) is 19.8. The molecule has 1 atom stereocenters. The van der Waals surface area contributed by atoms with Crippen molar-refractivity contribution in [3.05, 3.63) is 48.0 Å². The maximum Gasteiger partial charge on any atom is 0.337 e. The van der Waals surface area contributed by atoms with Crippen molar-refractivity contribution in [2.75, 3.05) is 13.2 Å². The number of hydrogen-bond acceptors (Lipinski definition) is 4. The highest BCUT2D eigenvalue weighted by atomic mass is 32.2. The van der Waals surface area contributed by atoms with Gasteiger partial charge >= 0.3 is 5.97 Å². The summed E-state index contributed by atoms with van der Waals surface area (Å²) in [5, 5.41) is 9.12. The molecule has 6 nitrogen and oxygen atoms in total. The van der Waals surface area contributed by atoms with Gasteiger partial charge in [-0.25, -0.2) is 9.78 Å². The molecule has 3 heterocycles. The number of fused-ring (bicyclic) bond motifs is 1. The number of rotatable bonds is 5. The maximum atomic E-state index is 11.1. The zero-order valence-corrected chi connectivity index (χ0v) is 20.6. The Morgan fingerprint density at radius 3 is 2.69 bits per heavy atom. The van der Waals surface area contributed by atoms with E-state index in [1.807, 2.05) is 17.8 Å². The molecule has 0 amide bonds. The average molecular weight is 458 g/mol. The highest BCUT2D eigenvalue weighted by Gasteiger charge is 2.25. The van der Waals surface area contributed by atoms with Gasteiger partial charge in [-0.2, -0.15) is 0 Å². The third kappa shape index (κ3) is 5.75. The fraction of sp³-hybridized carbons (Fsp3) is 0.520. The molecule has 1 unspecified atom stereocenters. The van der Waals surface area contributed by atoms with Crippen molar-refractivity contribution < 1.29 is 14.6 Å². The number of aromatic nitrogens is 3. The van der Waals surface area contributed by atoms with Crippen LogP contribution < -0.4 is 0 Å². The van der Waals surface area contributed by atoms with Gasteiger partial charge in [0.05, 0.1) is 16.6 Å². The summed E-state index contributed by atoms with van der Waals surface area (Å²) in [7, 11) is 0. The van der Waals surface area contributed by atoms with Crippen molar-refractivity contribution in [1.82, 2.24) is 13.5 Å². The molecular weight excluding hydrogens is 422 g/mol. The number of carboxylic acid groups (broad SMARTS) is 1. The van der Waals surface area contributed by atoms with E-state index >= 15 is 0 Å². The molecule has 1 saturated heterocycles. The number of hydrogen-bond donors (Lipinski definition) is 1. The third-order valence-electron chi connectivity index (χ3n) is 5.53. The summed E-state index contributed by atoms with van der Waals surface area (Å²) >= 11 is 1.49. The van der Waals surface area contributed by atoms with E-state index in [0.29, 0.717) is 5.92 Å². The number of carboxylic acids is 1. The minimum atomic E-state index is -0.915. The van der Waals surface area contributed by atoms with Crippen LogP contribution >= 0.6 is 11.9 Å². The molecular formula is C25H35N3O3S. The Labute approximate surface area is 195 Å². The zero-order chi connectivity index (χ0) is 23.3. The van der Waals surface area contributed by atoms with Crippen molar-refractivity contribution in [3.8, 4) is 0 Å². The number of ether oxygens (including phenoxy) is 1. The summed E-state index contributed by atoms with van der Waals surface area (Å²) in [4.78, 5) is 17.2. The molecule has 0 spiro atoms. The fourth-order valence-corrected chi connectivity index (χ4v) is 4.84. The van der Waals surface area contributed by atoms with E-state index in [1.54, 1.807) is 18.5 Å². The molecule has 1 aliphatic heterocycles. The van der Waals surface area contributed by atoms with Gasteiger partial charge in [0.2, 0.25) is 0 Å². The second kappa shape index (κ2) is 10.6. The van der Waals surface area contributed by atoms with Crippen molar-refractivity contribution in [1.29, 1.82) is 0 Å². The van der Waals surface area contributed by atoms with Crippen LogP contribution in [0.5, 0.6) is 0 Å². The van der Waals surface area contributed by atoms with Crippen molar-refractivity contribution in [2.45, 2.75) is 70.7 Å². The molecule has 4 rings (SSSR count). The smallest absolute Gasteiger partial charge is 0.337 e. The van der Waals surface area contributed by atoms with Crippen LogP contribution in [-0.4, -0.2) is 37.8 Å². The van der Waals surface area contributed by atoms with Crippen LogP contribution in [0.3, 0.4) is 0 Å². The molecule has 1 fully saturated rings. The first kappa shape index (κ1) is 24.4. The highest BCUT2D eigenvalue weighted by Crippen LogP contribution is 2.32. The first-order chi connectivity index (χ1) is 15.3. The molecule has 2 aromatic heterocycles. The van der Waals surface area contributed by atoms with Gasteiger partial charge in [-0.1, -0.05) is 34.6 Å². The Morgan fingerprint density at radius 1 is 1.22 bits per heavy atom. The van der Waals surface area contributed by atoms with Crippen LogP contribution in [-0.2, 0) is 16.7 Å². The van der Waals surface area contributed by atoms with Crippen molar-refractivity contribution in [3.63, 3.8) is 0 Å². The van der Waals surface area contributed by atoms with E-state index in [4.69, 9.17) is 14.8 Å². The van der Waals surface area contributed by atoms with Gasteiger partial charge in [-0.05, 0) is 61.4 Å². The summed E-state index contributed by atoms with van der Waals surface area (Å²) in [5.41, 5.74) is 2.38. The lowest BCUT2D eigenvalue weighted by atomic mass is 9.94. The molecule has 174 valence electrons. The number of carbonyl (C=O) groups is 1. The summed E-state index contributed by atoms with van der Waals surface area (Å²) in [6.07, 6.45) is 6.81. The van der Waals surface area contributed by atoms with E-state index < -0.39 is 5.97 Å². The lowest BCUT2D eigenvalue weighted by Gasteiger charge is -2.23. The third-order valence-corrected chi connectivity index (χ3v) is 6.43. The fourth-order valence-electron chi connectivity index (χ4n) is 4.02. The maximum absolute atomic E-state index is 11.1. The minimum Gasteiger partial charge on any atom is -0.478 e. The number of nitrogens with zero attached hydrogens (tertiary/aromatic N) is 3. The highest BCUT2D eigenvalue weighted by molar-refractivity contribution is 7.97. The standard InChI is InChI=1S/C23H29N3O3S.C2H6/c1-23(2,3)22-24-19-13-18(30-25-10-8-17(15-25)21(27)28)6-7-20(19)26(22)14-16-5-4-11-29-12-9-16;1-2/h6-8,10,13,15-16H,4-5,9,11-12,14H2,1-3H3,(H,27,28);1-2H3. The van der Waals surface area contributed by atoms with Gasteiger partial charge in [0.15, 0.2) is 0 Å². The summed E-state index contributed by atoms with van der Waals surface area (Å²) < 4.78 is 9.87. The van der Waals surface area contributed by atoms with Gasteiger partial charge in [0.1, 0.15) is 5.82 Å². The van der Waals surface area contributed by atoms with Gasteiger partial charge in [0.25, 0.3) is 0 Å². The normalized spacial score (nSPS) is 17.0. The number of imidazole rings is 1. The Hall–Kier alpha value is -2.25. The Morgan fingerprint density at radius 2 is 2.00 bits per heavy atom. The van der Waals surface area contributed by atoms with Gasteiger partial charge in [0, 0.05) is 42.5 Å². The van der Waals surface area contributed by atoms with Gasteiger partial charge in [-0.3, -0.25) is 3.97 Å². The molecule has 1 N–H and O–H groups in total. The van der Waals surface area contributed by atoms with Crippen LogP contribution in [0, 0.1) is 5.92 Å². The molecule has 7 heteroatoms.